The summed E-state index contributed by atoms with van der Waals surface area (Å²) in [6, 6.07) is 12.7. The molecule has 0 aliphatic heterocycles. The highest BCUT2D eigenvalue weighted by atomic mass is 16.5. The van der Waals surface area contributed by atoms with Crippen molar-refractivity contribution in [1.82, 2.24) is 15.2 Å². The largest absolute Gasteiger partial charge is 0.619 e. The van der Waals surface area contributed by atoms with Gasteiger partial charge in [-0.3, -0.25) is 4.79 Å². The second-order valence-corrected chi connectivity index (χ2v) is 5.48. The average Bonchev–Trinajstić information content (AvgIpc) is 2.91. The third-order valence-corrected chi connectivity index (χ3v) is 3.77. The number of rotatable bonds is 4. The minimum Gasteiger partial charge on any atom is -0.619 e. The minimum atomic E-state index is -0.386. The Kier molecular flexibility index (Phi) is 4.56. The predicted molar refractivity (Wildman–Crippen MR) is 93.5 cm³/mol. The first-order valence-electron chi connectivity index (χ1n) is 7.70. The van der Waals surface area contributed by atoms with E-state index >= 15 is 0 Å². The van der Waals surface area contributed by atoms with Crippen LogP contribution in [0.3, 0.4) is 0 Å². The highest BCUT2D eigenvalue weighted by Gasteiger charge is 2.11. The summed E-state index contributed by atoms with van der Waals surface area (Å²) in [5.74, 6) is -0.386. The molecule has 1 aromatic carbocycles. The van der Waals surface area contributed by atoms with Crippen molar-refractivity contribution in [1.29, 1.82) is 0 Å². The molecule has 7 heteroatoms. The zero-order valence-electron chi connectivity index (χ0n) is 13.9. The Morgan fingerprint density at radius 1 is 1.20 bits per heavy atom. The number of aryl methyl sites for hydroxylation is 1. The molecule has 0 atom stereocenters. The van der Waals surface area contributed by atoms with Crippen LogP contribution in [0.4, 0.5) is 0 Å². The first kappa shape index (κ1) is 16.4. The highest BCUT2D eigenvalue weighted by molar-refractivity contribution is 5.94. The first-order valence-corrected chi connectivity index (χ1v) is 7.70. The van der Waals surface area contributed by atoms with Gasteiger partial charge >= 0.3 is 0 Å². The van der Waals surface area contributed by atoms with E-state index in [1.54, 1.807) is 6.21 Å². The fourth-order valence-electron chi connectivity index (χ4n) is 2.45. The summed E-state index contributed by atoms with van der Waals surface area (Å²) in [4.78, 5) is 12.0. The number of aromatic nitrogens is 3. The molecular formula is C18H17N5O2. The molecule has 1 amide bonds. The van der Waals surface area contributed by atoms with Gasteiger partial charge in [0.05, 0.1) is 28.9 Å². The quantitative estimate of drug-likeness (QED) is 0.342. The van der Waals surface area contributed by atoms with Gasteiger partial charge in [0.1, 0.15) is 0 Å². The van der Waals surface area contributed by atoms with Gasteiger partial charge in [0.15, 0.2) is 12.4 Å². The zero-order valence-corrected chi connectivity index (χ0v) is 13.9. The molecule has 7 nitrogen and oxygen atoms in total. The standard InChI is InChI=1S/C18H17N5O2/c1-13-17(14(2)23(21-13)16-6-4-3-5-7-16)12-19-20-18(24)15-8-10-22(25)11-9-15/h3-12H,1-2H3,(H,20,24)/b19-12-. The summed E-state index contributed by atoms with van der Waals surface area (Å²) in [6.07, 6.45) is 4.10. The van der Waals surface area contributed by atoms with Crippen LogP contribution < -0.4 is 10.2 Å². The molecule has 0 saturated heterocycles. The van der Waals surface area contributed by atoms with Crippen molar-refractivity contribution in [3.8, 4) is 5.69 Å². The zero-order chi connectivity index (χ0) is 17.8. The third kappa shape index (κ3) is 3.55. The third-order valence-electron chi connectivity index (χ3n) is 3.77. The molecule has 0 saturated carbocycles. The smallest absolute Gasteiger partial charge is 0.271 e. The van der Waals surface area contributed by atoms with E-state index < -0.39 is 0 Å². The van der Waals surface area contributed by atoms with Crippen LogP contribution in [0.15, 0.2) is 60.0 Å². The van der Waals surface area contributed by atoms with E-state index in [4.69, 9.17) is 0 Å². The molecule has 25 heavy (non-hydrogen) atoms. The number of nitrogens with zero attached hydrogens (tertiary/aromatic N) is 4. The number of nitrogens with one attached hydrogen (secondary N) is 1. The Bertz CT molecular complexity index is 915. The van der Waals surface area contributed by atoms with Gasteiger partial charge in [-0.2, -0.15) is 14.9 Å². The molecule has 3 rings (SSSR count). The molecule has 0 bridgehead atoms. The summed E-state index contributed by atoms with van der Waals surface area (Å²) < 4.78 is 2.45. The summed E-state index contributed by atoms with van der Waals surface area (Å²) in [6.45, 7) is 3.83. The predicted octanol–water partition coefficient (Wildman–Crippen LogP) is 1.89. The van der Waals surface area contributed by atoms with Crippen LogP contribution in [0.1, 0.15) is 27.3 Å². The number of carbonyl (C=O) groups is 1. The van der Waals surface area contributed by atoms with Crippen molar-refractivity contribution in [2.75, 3.05) is 0 Å². The summed E-state index contributed by atoms with van der Waals surface area (Å²) >= 11 is 0. The number of hydrogen-bond donors (Lipinski definition) is 1. The maximum atomic E-state index is 12.0. The van der Waals surface area contributed by atoms with Gasteiger partial charge < -0.3 is 5.21 Å². The van der Waals surface area contributed by atoms with Crippen LogP contribution in [-0.4, -0.2) is 21.9 Å². The van der Waals surface area contributed by atoms with E-state index in [0.717, 1.165) is 22.6 Å². The van der Waals surface area contributed by atoms with Crippen LogP contribution in [0, 0.1) is 19.1 Å². The van der Waals surface area contributed by atoms with Crippen molar-refractivity contribution >= 4 is 12.1 Å². The van der Waals surface area contributed by atoms with E-state index in [1.165, 1.54) is 24.5 Å². The van der Waals surface area contributed by atoms with Crippen molar-refractivity contribution in [2.45, 2.75) is 13.8 Å². The summed E-state index contributed by atoms with van der Waals surface area (Å²) in [7, 11) is 0. The topological polar surface area (TPSA) is 86.2 Å². The van der Waals surface area contributed by atoms with Crippen LogP contribution in [-0.2, 0) is 0 Å². The molecular weight excluding hydrogens is 318 g/mol. The van der Waals surface area contributed by atoms with E-state index in [1.807, 2.05) is 48.9 Å². The van der Waals surface area contributed by atoms with Crippen LogP contribution in [0.2, 0.25) is 0 Å². The summed E-state index contributed by atoms with van der Waals surface area (Å²) in [5, 5.41) is 19.5. The lowest BCUT2D eigenvalue weighted by molar-refractivity contribution is -0.605. The first-order chi connectivity index (χ1) is 12.1. The van der Waals surface area contributed by atoms with Crippen LogP contribution in [0.25, 0.3) is 5.69 Å². The fourth-order valence-corrected chi connectivity index (χ4v) is 2.45. The van der Waals surface area contributed by atoms with Crippen molar-refractivity contribution in [3.05, 3.63) is 82.6 Å². The van der Waals surface area contributed by atoms with Gasteiger partial charge in [-0.25, -0.2) is 10.1 Å². The Morgan fingerprint density at radius 3 is 2.56 bits per heavy atom. The second kappa shape index (κ2) is 6.96. The van der Waals surface area contributed by atoms with E-state index in [2.05, 4.69) is 15.6 Å². The van der Waals surface area contributed by atoms with Gasteiger partial charge in [-0.15, -0.1) is 0 Å². The van der Waals surface area contributed by atoms with E-state index in [9.17, 15) is 10.0 Å². The normalized spacial score (nSPS) is 11.0. The highest BCUT2D eigenvalue weighted by Crippen LogP contribution is 2.16. The second-order valence-electron chi connectivity index (χ2n) is 5.48. The SMILES string of the molecule is Cc1nn(-c2ccccc2)c(C)c1/C=N\NC(=O)c1cc[n+]([O-])cc1. The van der Waals surface area contributed by atoms with Gasteiger partial charge in [0.2, 0.25) is 0 Å². The number of benzene rings is 1. The van der Waals surface area contributed by atoms with Gasteiger partial charge in [0, 0.05) is 17.7 Å². The fraction of sp³-hybridized carbons (Fsp3) is 0.111. The average molecular weight is 335 g/mol. The monoisotopic (exact) mass is 335 g/mol. The number of carbonyl (C=O) groups excluding carboxylic acids is 1. The van der Waals surface area contributed by atoms with Gasteiger partial charge in [-0.05, 0) is 26.0 Å². The van der Waals surface area contributed by atoms with Gasteiger partial charge in [0.25, 0.3) is 5.91 Å². The lowest BCUT2D eigenvalue weighted by Gasteiger charge is -2.03. The number of para-hydroxylation sites is 1. The summed E-state index contributed by atoms with van der Waals surface area (Å²) in [5.41, 5.74) is 6.35. The lowest BCUT2D eigenvalue weighted by Crippen LogP contribution is -2.26. The molecule has 0 aliphatic carbocycles. The van der Waals surface area contributed by atoms with Crippen molar-refractivity contribution in [3.63, 3.8) is 0 Å². The molecule has 0 aliphatic rings. The van der Waals surface area contributed by atoms with Crippen LogP contribution in [0.5, 0.6) is 0 Å². The minimum absolute atomic E-state index is 0.359. The molecule has 0 radical (unpaired) electrons. The van der Waals surface area contributed by atoms with Crippen LogP contribution >= 0.6 is 0 Å². The Morgan fingerprint density at radius 2 is 1.88 bits per heavy atom. The van der Waals surface area contributed by atoms with Gasteiger partial charge in [-0.1, -0.05) is 18.2 Å². The maximum Gasteiger partial charge on any atom is 0.271 e. The Balaban J connectivity index is 1.77. The van der Waals surface area contributed by atoms with Crippen molar-refractivity contribution in [2.24, 2.45) is 5.10 Å². The molecule has 0 unspecified atom stereocenters. The molecule has 0 fully saturated rings. The molecule has 126 valence electrons. The van der Waals surface area contributed by atoms with Crippen molar-refractivity contribution < 1.29 is 9.52 Å². The molecule has 1 N–H and O–H groups in total. The number of hydrazone groups is 1. The number of amides is 1. The molecule has 2 heterocycles. The Hall–Kier alpha value is -3.48. The lowest BCUT2D eigenvalue weighted by atomic mass is 10.2. The number of hydrogen-bond acceptors (Lipinski definition) is 4. The number of pyridine rings is 1. The molecule has 0 spiro atoms. The van der Waals surface area contributed by atoms with E-state index in [-0.39, 0.29) is 5.91 Å². The molecule has 3 aromatic rings. The maximum absolute atomic E-state index is 12.0. The molecule has 2 aromatic heterocycles. The Labute approximate surface area is 144 Å². The van der Waals surface area contributed by atoms with E-state index in [0.29, 0.717) is 10.3 Å².